The van der Waals surface area contributed by atoms with Gasteiger partial charge in [-0.15, -0.1) is 0 Å². The summed E-state index contributed by atoms with van der Waals surface area (Å²) in [5.41, 5.74) is 1.93. The molecule has 0 spiro atoms. The smallest absolute Gasteiger partial charge is 0.261 e. The summed E-state index contributed by atoms with van der Waals surface area (Å²) < 4.78 is 16.1. The minimum absolute atomic E-state index is 0.174. The third-order valence-corrected chi connectivity index (χ3v) is 5.13. The van der Waals surface area contributed by atoms with Crippen molar-refractivity contribution in [3.05, 3.63) is 56.8 Å². The van der Waals surface area contributed by atoms with Crippen molar-refractivity contribution in [1.82, 2.24) is 19.7 Å². The average Bonchev–Trinajstić information content (AvgIpc) is 2.74. The molecule has 0 bridgehead atoms. The lowest BCUT2D eigenvalue weighted by Crippen LogP contribution is -2.44. The topological polar surface area (TPSA) is 62.5 Å². The fraction of sp³-hybridized carbons (Fsp3) is 0.381. The van der Waals surface area contributed by atoms with Crippen molar-refractivity contribution in [2.45, 2.75) is 27.7 Å². The van der Waals surface area contributed by atoms with Gasteiger partial charge < -0.3 is 10.2 Å². The average molecular weight is 418 g/mol. The van der Waals surface area contributed by atoms with Crippen LogP contribution in [0.5, 0.6) is 0 Å². The Hall–Kier alpha value is -2.51. The van der Waals surface area contributed by atoms with E-state index in [0.717, 1.165) is 26.2 Å². The van der Waals surface area contributed by atoms with Crippen molar-refractivity contribution < 1.29 is 4.39 Å². The standard InChI is InChI=1S/C19H19ClFN5O.C2H6/c1-11-12(2)23-18-17(14-4-3-13(20)9-15(14)21)24-16(10-26(18)19(11)27)25-7-5-22-6-8-25;1-2/h3-4,9-10,22H,5-8H2,1-2H3;1-2H3. The first kappa shape index (κ1) is 21.2. The molecule has 0 saturated carbocycles. The zero-order valence-corrected chi connectivity index (χ0v) is 17.8. The van der Waals surface area contributed by atoms with Crippen molar-refractivity contribution in [3.63, 3.8) is 0 Å². The van der Waals surface area contributed by atoms with Gasteiger partial charge in [-0.05, 0) is 32.0 Å². The number of fused-ring (bicyclic) bond motifs is 1. The Kier molecular flexibility index (Phi) is 6.49. The number of rotatable bonds is 2. The molecule has 1 saturated heterocycles. The molecule has 1 N–H and O–H groups in total. The first-order valence-corrected chi connectivity index (χ1v) is 10.1. The molecule has 8 heteroatoms. The molecule has 1 aliphatic rings. The van der Waals surface area contributed by atoms with Crippen molar-refractivity contribution in [3.8, 4) is 11.3 Å². The van der Waals surface area contributed by atoms with Crippen LogP contribution in [0.4, 0.5) is 10.2 Å². The molecule has 0 amide bonds. The van der Waals surface area contributed by atoms with E-state index in [1.165, 1.54) is 10.5 Å². The summed E-state index contributed by atoms with van der Waals surface area (Å²) in [6.07, 6.45) is 1.69. The Morgan fingerprint density at radius 1 is 1.14 bits per heavy atom. The number of aryl methyl sites for hydroxylation is 1. The van der Waals surface area contributed by atoms with Crippen LogP contribution >= 0.6 is 11.6 Å². The Balaban J connectivity index is 0.00000117. The molecule has 6 nitrogen and oxygen atoms in total. The van der Waals surface area contributed by atoms with Gasteiger partial charge in [0.15, 0.2) is 5.65 Å². The van der Waals surface area contributed by atoms with Gasteiger partial charge >= 0.3 is 0 Å². The Morgan fingerprint density at radius 2 is 1.83 bits per heavy atom. The first-order valence-electron chi connectivity index (χ1n) is 9.77. The van der Waals surface area contributed by atoms with Crippen LogP contribution in [0.1, 0.15) is 25.1 Å². The zero-order chi connectivity index (χ0) is 21.1. The lowest BCUT2D eigenvalue weighted by atomic mass is 10.1. The molecule has 0 atom stereocenters. The summed E-state index contributed by atoms with van der Waals surface area (Å²) in [4.78, 5) is 24.2. The van der Waals surface area contributed by atoms with Crippen LogP contribution in [0, 0.1) is 19.7 Å². The minimum Gasteiger partial charge on any atom is -0.353 e. The van der Waals surface area contributed by atoms with E-state index in [2.05, 4.69) is 15.2 Å². The normalized spacial score (nSPS) is 13.9. The first-order chi connectivity index (χ1) is 14.0. The third-order valence-electron chi connectivity index (χ3n) is 4.89. The molecule has 2 aromatic heterocycles. The fourth-order valence-corrected chi connectivity index (χ4v) is 3.39. The Morgan fingerprint density at radius 3 is 2.48 bits per heavy atom. The fourth-order valence-electron chi connectivity index (χ4n) is 3.23. The number of hydrogen-bond donors (Lipinski definition) is 1. The van der Waals surface area contributed by atoms with E-state index in [4.69, 9.17) is 16.6 Å². The summed E-state index contributed by atoms with van der Waals surface area (Å²) in [6.45, 7) is 10.7. The number of nitrogens with zero attached hydrogens (tertiary/aromatic N) is 4. The van der Waals surface area contributed by atoms with Crippen LogP contribution in [0.15, 0.2) is 29.2 Å². The summed E-state index contributed by atoms with van der Waals surface area (Å²) >= 11 is 5.90. The highest BCUT2D eigenvalue weighted by Gasteiger charge is 2.20. The van der Waals surface area contributed by atoms with Gasteiger partial charge in [-0.1, -0.05) is 25.4 Å². The maximum atomic E-state index is 14.7. The van der Waals surface area contributed by atoms with Gasteiger partial charge in [0.25, 0.3) is 5.56 Å². The molecule has 3 heterocycles. The molecule has 1 fully saturated rings. The van der Waals surface area contributed by atoms with Crippen molar-refractivity contribution in [1.29, 1.82) is 0 Å². The van der Waals surface area contributed by atoms with Crippen LogP contribution in [0.2, 0.25) is 5.02 Å². The highest BCUT2D eigenvalue weighted by Crippen LogP contribution is 2.28. The number of benzene rings is 1. The van der Waals surface area contributed by atoms with Crippen LogP contribution in [-0.2, 0) is 0 Å². The van der Waals surface area contributed by atoms with Gasteiger partial charge in [-0.3, -0.25) is 9.20 Å². The highest BCUT2D eigenvalue weighted by molar-refractivity contribution is 6.30. The molecular formula is C21H25ClFN5O. The number of anilines is 1. The van der Waals surface area contributed by atoms with E-state index in [9.17, 15) is 9.18 Å². The van der Waals surface area contributed by atoms with Gasteiger partial charge in [0.1, 0.15) is 17.3 Å². The highest BCUT2D eigenvalue weighted by atomic mass is 35.5. The third kappa shape index (κ3) is 4.11. The molecule has 0 aliphatic carbocycles. The van der Waals surface area contributed by atoms with Gasteiger partial charge in [0.2, 0.25) is 0 Å². The number of halogens is 2. The molecular weight excluding hydrogens is 393 g/mol. The predicted molar refractivity (Wildman–Crippen MR) is 116 cm³/mol. The van der Waals surface area contributed by atoms with Crippen LogP contribution in [-0.4, -0.2) is 40.5 Å². The quantitative estimate of drug-likeness (QED) is 0.690. The van der Waals surface area contributed by atoms with E-state index < -0.39 is 5.82 Å². The van der Waals surface area contributed by atoms with Crippen LogP contribution in [0.25, 0.3) is 16.9 Å². The second-order valence-electron chi connectivity index (χ2n) is 6.63. The van der Waals surface area contributed by atoms with Gasteiger partial charge in [0, 0.05) is 48.0 Å². The lowest BCUT2D eigenvalue weighted by Gasteiger charge is -2.29. The number of aromatic nitrogens is 3. The van der Waals surface area contributed by atoms with Gasteiger partial charge in [-0.2, -0.15) is 0 Å². The van der Waals surface area contributed by atoms with Gasteiger partial charge in [0.05, 0.1) is 6.20 Å². The Bertz CT molecular complexity index is 1090. The van der Waals surface area contributed by atoms with E-state index >= 15 is 0 Å². The zero-order valence-electron chi connectivity index (χ0n) is 17.1. The lowest BCUT2D eigenvalue weighted by molar-refractivity contribution is 0.584. The van der Waals surface area contributed by atoms with Crippen LogP contribution < -0.4 is 15.8 Å². The molecule has 4 rings (SSSR count). The second-order valence-corrected chi connectivity index (χ2v) is 7.07. The number of hydrogen-bond acceptors (Lipinski definition) is 5. The predicted octanol–water partition coefficient (Wildman–Crippen LogP) is 3.60. The van der Waals surface area contributed by atoms with E-state index in [1.807, 2.05) is 13.8 Å². The van der Waals surface area contributed by atoms with E-state index in [-0.39, 0.29) is 11.1 Å². The minimum atomic E-state index is -0.498. The molecule has 0 radical (unpaired) electrons. The summed E-state index contributed by atoms with van der Waals surface area (Å²) in [5.74, 6) is 0.127. The summed E-state index contributed by atoms with van der Waals surface area (Å²) in [7, 11) is 0. The molecule has 3 aromatic rings. The molecule has 0 unspecified atom stereocenters. The van der Waals surface area contributed by atoms with Crippen LogP contribution in [0.3, 0.4) is 0 Å². The Labute approximate surface area is 174 Å². The number of piperazine rings is 1. The van der Waals surface area contributed by atoms with Crippen molar-refractivity contribution in [2.75, 3.05) is 31.1 Å². The molecule has 1 aliphatic heterocycles. The van der Waals surface area contributed by atoms with Crippen molar-refractivity contribution in [2.24, 2.45) is 0 Å². The molecule has 29 heavy (non-hydrogen) atoms. The number of nitrogens with one attached hydrogen (secondary N) is 1. The van der Waals surface area contributed by atoms with E-state index in [1.54, 1.807) is 32.2 Å². The molecule has 154 valence electrons. The monoisotopic (exact) mass is 417 g/mol. The van der Waals surface area contributed by atoms with Crippen molar-refractivity contribution >= 4 is 23.1 Å². The molecule has 1 aromatic carbocycles. The maximum absolute atomic E-state index is 14.7. The second kappa shape index (κ2) is 8.88. The van der Waals surface area contributed by atoms with Gasteiger partial charge in [-0.25, -0.2) is 14.4 Å². The summed E-state index contributed by atoms with van der Waals surface area (Å²) in [5, 5.41) is 3.59. The summed E-state index contributed by atoms with van der Waals surface area (Å²) in [6, 6.07) is 4.42. The largest absolute Gasteiger partial charge is 0.353 e. The SMILES string of the molecule is CC.Cc1nc2c(-c3ccc(Cl)cc3F)nc(N3CCNCC3)cn2c(=O)c1C. The maximum Gasteiger partial charge on any atom is 0.261 e. The van der Waals surface area contributed by atoms with E-state index in [0.29, 0.717) is 33.4 Å².